The number of carbonyl (C=O) groups excluding carboxylic acids is 1. The Bertz CT molecular complexity index is 291. The van der Waals surface area contributed by atoms with E-state index >= 15 is 0 Å². The van der Waals surface area contributed by atoms with Gasteiger partial charge in [0.2, 0.25) is 5.91 Å². The summed E-state index contributed by atoms with van der Waals surface area (Å²) in [4.78, 5) is 12.5. The molecule has 0 aromatic carbocycles. The predicted molar refractivity (Wildman–Crippen MR) is 78.8 cm³/mol. The molecule has 0 bridgehead atoms. The molecule has 0 aromatic rings. The molecule has 0 spiro atoms. The monoisotopic (exact) mass is 266 g/mol. The molecule has 1 amide bonds. The zero-order valence-electron chi connectivity index (χ0n) is 12.4. The lowest BCUT2D eigenvalue weighted by molar-refractivity contribution is -0.128. The van der Waals surface area contributed by atoms with Crippen molar-refractivity contribution >= 4 is 5.91 Å². The number of nitrogens with one attached hydrogen (secondary N) is 1. The second kappa shape index (κ2) is 6.74. The highest BCUT2D eigenvalue weighted by atomic mass is 16.2. The number of carbonyl (C=O) groups is 1. The van der Waals surface area contributed by atoms with Crippen LogP contribution in [0, 0.1) is 5.92 Å². The SMILES string of the molecule is CCC(NC(=O)C1(N)CCCCC1)C1CCCCC1. The summed E-state index contributed by atoms with van der Waals surface area (Å²) in [5.74, 6) is 0.791. The Morgan fingerprint density at radius 2 is 1.74 bits per heavy atom. The van der Waals surface area contributed by atoms with Crippen LogP contribution in [0.4, 0.5) is 0 Å². The maximum absolute atomic E-state index is 12.5. The summed E-state index contributed by atoms with van der Waals surface area (Å²) < 4.78 is 0. The van der Waals surface area contributed by atoms with E-state index in [4.69, 9.17) is 5.73 Å². The van der Waals surface area contributed by atoms with Crippen LogP contribution in [0.3, 0.4) is 0 Å². The molecule has 0 aliphatic heterocycles. The predicted octanol–water partition coefficient (Wildman–Crippen LogP) is 3.12. The molecule has 3 N–H and O–H groups in total. The first-order valence-corrected chi connectivity index (χ1v) is 8.25. The van der Waals surface area contributed by atoms with E-state index in [0.717, 1.165) is 32.1 Å². The van der Waals surface area contributed by atoms with E-state index in [9.17, 15) is 4.79 Å². The van der Waals surface area contributed by atoms with Crippen molar-refractivity contribution in [2.75, 3.05) is 0 Å². The number of hydrogen-bond acceptors (Lipinski definition) is 2. The van der Waals surface area contributed by atoms with Crippen molar-refractivity contribution in [3.05, 3.63) is 0 Å². The zero-order chi connectivity index (χ0) is 13.7. The third-order valence-electron chi connectivity index (χ3n) is 5.17. The Morgan fingerprint density at radius 3 is 2.32 bits per heavy atom. The Balaban J connectivity index is 1.91. The Hall–Kier alpha value is -0.570. The van der Waals surface area contributed by atoms with E-state index in [2.05, 4.69) is 12.2 Å². The topological polar surface area (TPSA) is 55.1 Å². The lowest BCUT2D eigenvalue weighted by Gasteiger charge is -2.36. The normalized spacial score (nSPS) is 25.8. The molecule has 0 heterocycles. The second-order valence-electron chi connectivity index (χ2n) is 6.60. The van der Waals surface area contributed by atoms with Crippen LogP contribution >= 0.6 is 0 Å². The van der Waals surface area contributed by atoms with Crippen molar-refractivity contribution in [2.45, 2.75) is 89.1 Å². The summed E-state index contributed by atoms with van der Waals surface area (Å²) in [6.45, 7) is 2.18. The second-order valence-corrected chi connectivity index (χ2v) is 6.60. The van der Waals surface area contributed by atoms with Gasteiger partial charge in [-0.3, -0.25) is 4.79 Å². The maximum Gasteiger partial charge on any atom is 0.240 e. The van der Waals surface area contributed by atoms with Gasteiger partial charge in [-0.25, -0.2) is 0 Å². The lowest BCUT2D eigenvalue weighted by Crippen LogP contribution is -2.58. The van der Waals surface area contributed by atoms with Crippen molar-refractivity contribution in [2.24, 2.45) is 11.7 Å². The molecule has 3 nitrogen and oxygen atoms in total. The van der Waals surface area contributed by atoms with E-state index in [1.165, 1.54) is 38.5 Å². The van der Waals surface area contributed by atoms with Gasteiger partial charge in [-0.2, -0.15) is 0 Å². The van der Waals surface area contributed by atoms with Gasteiger partial charge in [-0.05, 0) is 38.0 Å². The molecule has 2 aliphatic carbocycles. The van der Waals surface area contributed by atoms with Crippen LogP contribution in [0.1, 0.15) is 77.6 Å². The van der Waals surface area contributed by atoms with Crippen LogP contribution in [0.25, 0.3) is 0 Å². The van der Waals surface area contributed by atoms with Gasteiger partial charge in [0.05, 0.1) is 5.54 Å². The van der Waals surface area contributed by atoms with E-state index < -0.39 is 5.54 Å². The van der Waals surface area contributed by atoms with Gasteiger partial charge >= 0.3 is 0 Å². The first-order valence-electron chi connectivity index (χ1n) is 8.25. The minimum absolute atomic E-state index is 0.115. The van der Waals surface area contributed by atoms with E-state index in [1.807, 2.05) is 0 Å². The number of nitrogens with two attached hydrogens (primary N) is 1. The lowest BCUT2D eigenvalue weighted by atomic mass is 9.80. The van der Waals surface area contributed by atoms with Crippen LogP contribution in [0.15, 0.2) is 0 Å². The smallest absolute Gasteiger partial charge is 0.240 e. The molecule has 2 aliphatic rings. The van der Waals surface area contributed by atoms with E-state index in [0.29, 0.717) is 12.0 Å². The van der Waals surface area contributed by atoms with Gasteiger partial charge in [-0.1, -0.05) is 45.4 Å². The van der Waals surface area contributed by atoms with Crippen molar-refractivity contribution in [3.63, 3.8) is 0 Å². The molecule has 1 unspecified atom stereocenters. The van der Waals surface area contributed by atoms with Crippen molar-refractivity contribution in [1.29, 1.82) is 0 Å². The summed E-state index contributed by atoms with van der Waals surface area (Å²) in [6, 6.07) is 0.343. The summed E-state index contributed by atoms with van der Waals surface area (Å²) in [7, 11) is 0. The third kappa shape index (κ3) is 3.71. The van der Waals surface area contributed by atoms with Gasteiger partial charge in [0.15, 0.2) is 0 Å². The van der Waals surface area contributed by atoms with E-state index in [-0.39, 0.29) is 5.91 Å². The Labute approximate surface area is 117 Å². The van der Waals surface area contributed by atoms with Gasteiger partial charge in [0.25, 0.3) is 0 Å². The van der Waals surface area contributed by atoms with Gasteiger partial charge in [0, 0.05) is 6.04 Å². The largest absolute Gasteiger partial charge is 0.352 e. The standard InChI is InChI=1S/C16H30N2O/c1-2-14(13-9-5-3-6-10-13)18-15(19)16(17)11-7-4-8-12-16/h13-14H,2-12,17H2,1H3,(H,18,19). The highest BCUT2D eigenvalue weighted by Crippen LogP contribution is 2.30. The quantitative estimate of drug-likeness (QED) is 0.821. The van der Waals surface area contributed by atoms with Crippen LogP contribution in [-0.4, -0.2) is 17.5 Å². The summed E-state index contributed by atoms with van der Waals surface area (Å²) in [6.07, 6.45) is 12.7. The number of rotatable bonds is 4. The minimum atomic E-state index is -0.583. The summed E-state index contributed by atoms with van der Waals surface area (Å²) in [5, 5.41) is 3.28. The maximum atomic E-state index is 12.5. The first kappa shape index (κ1) is 14.8. The molecule has 2 rings (SSSR count). The van der Waals surface area contributed by atoms with E-state index in [1.54, 1.807) is 0 Å². The third-order valence-corrected chi connectivity index (χ3v) is 5.17. The fourth-order valence-corrected chi connectivity index (χ4v) is 3.81. The molecule has 3 heteroatoms. The molecule has 110 valence electrons. The highest BCUT2D eigenvalue weighted by molar-refractivity contribution is 5.86. The van der Waals surface area contributed by atoms with Crippen LogP contribution < -0.4 is 11.1 Å². The molecule has 19 heavy (non-hydrogen) atoms. The molecule has 2 fully saturated rings. The Morgan fingerprint density at radius 1 is 1.16 bits per heavy atom. The highest BCUT2D eigenvalue weighted by Gasteiger charge is 2.37. The fraction of sp³-hybridized carbons (Fsp3) is 0.938. The average Bonchev–Trinajstić information content (AvgIpc) is 2.46. The fourth-order valence-electron chi connectivity index (χ4n) is 3.81. The van der Waals surface area contributed by atoms with Crippen LogP contribution in [0.5, 0.6) is 0 Å². The number of hydrogen-bond donors (Lipinski definition) is 2. The molecule has 2 saturated carbocycles. The Kier molecular flexibility index (Phi) is 5.26. The molecular weight excluding hydrogens is 236 g/mol. The van der Waals surface area contributed by atoms with Crippen molar-refractivity contribution < 1.29 is 4.79 Å². The zero-order valence-corrected chi connectivity index (χ0v) is 12.4. The molecule has 0 aromatic heterocycles. The first-order chi connectivity index (χ1) is 9.15. The summed E-state index contributed by atoms with van der Waals surface area (Å²) >= 11 is 0. The molecular formula is C16H30N2O. The molecule has 0 radical (unpaired) electrons. The van der Waals surface area contributed by atoms with Crippen LogP contribution in [0.2, 0.25) is 0 Å². The summed E-state index contributed by atoms with van der Waals surface area (Å²) in [5.41, 5.74) is 5.74. The molecule has 1 atom stereocenters. The number of amides is 1. The van der Waals surface area contributed by atoms with Crippen LogP contribution in [-0.2, 0) is 4.79 Å². The average molecular weight is 266 g/mol. The van der Waals surface area contributed by atoms with Gasteiger partial charge in [-0.15, -0.1) is 0 Å². The van der Waals surface area contributed by atoms with Gasteiger partial charge < -0.3 is 11.1 Å². The van der Waals surface area contributed by atoms with Gasteiger partial charge in [0.1, 0.15) is 0 Å². The molecule has 0 saturated heterocycles. The van der Waals surface area contributed by atoms with Crippen molar-refractivity contribution in [1.82, 2.24) is 5.32 Å². The van der Waals surface area contributed by atoms with Crippen molar-refractivity contribution in [3.8, 4) is 0 Å². The minimum Gasteiger partial charge on any atom is -0.352 e.